The van der Waals surface area contributed by atoms with Crippen LogP contribution in [0.3, 0.4) is 0 Å². The van der Waals surface area contributed by atoms with Gasteiger partial charge in [0.05, 0.1) is 0 Å². The first kappa shape index (κ1) is 14.3. The Bertz CT molecular complexity index is 414. The molecule has 0 aliphatic carbocycles. The molecule has 106 valence electrons. The molecule has 0 saturated carbocycles. The Morgan fingerprint density at radius 2 is 2.05 bits per heavy atom. The van der Waals surface area contributed by atoms with Crippen LogP contribution in [-0.4, -0.2) is 43.5 Å². The molecule has 1 aromatic carbocycles. The van der Waals surface area contributed by atoms with Gasteiger partial charge in [-0.3, -0.25) is 0 Å². The van der Waals surface area contributed by atoms with Gasteiger partial charge in [0, 0.05) is 24.3 Å². The third kappa shape index (κ3) is 4.18. The van der Waals surface area contributed by atoms with E-state index in [9.17, 15) is 4.39 Å². The van der Waals surface area contributed by atoms with Gasteiger partial charge in [0.15, 0.2) is 0 Å². The van der Waals surface area contributed by atoms with Crippen molar-refractivity contribution >= 4 is 5.69 Å². The molecule has 4 heteroatoms. The number of rotatable bonds is 4. The quantitative estimate of drug-likeness (QED) is 0.847. The molecule has 0 amide bonds. The Morgan fingerprint density at radius 1 is 1.37 bits per heavy atom. The highest BCUT2D eigenvalue weighted by molar-refractivity contribution is 5.40. The molecule has 0 bridgehead atoms. The Labute approximate surface area is 115 Å². The third-order valence-electron chi connectivity index (χ3n) is 3.93. The van der Waals surface area contributed by atoms with Gasteiger partial charge in [0.1, 0.15) is 5.82 Å². The van der Waals surface area contributed by atoms with Crippen LogP contribution >= 0.6 is 0 Å². The van der Waals surface area contributed by atoms with Gasteiger partial charge in [0.25, 0.3) is 0 Å². The van der Waals surface area contributed by atoms with E-state index in [2.05, 4.69) is 23.9 Å². The van der Waals surface area contributed by atoms with Crippen LogP contribution < -0.4 is 5.73 Å². The van der Waals surface area contributed by atoms with Crippen molar-refractivity contribution in [2.24, 2.45) is 5.92 Å². The first-order chi connectivity index (χ1) is 9.04. The number of benzene rings is 1. The van der Waals surface area contributed by atoms with Gasteiger partial charge in [-0.2, -0.15) is 0 Å². The van der Waals surface area contributed by atoms with Gasteiger partial charge < -0.3 is 15.5 Å². The van der Waals surface area contributed by atoms with E-state index >= 15 is 0 Å². The molecule has 19 heavy (non-hydrogen) atoms. The summed E-state index contributed by atoms with van der Waals surface area (Å²) in [7, 11) is 4.23. The summed E-state index contributed by atoms with van der Waals surface area (Å²) in [6.45, 7) is 4.04. The van der Waals surface area contributed by atoms with E-state index in [1.807, 2.05) is 0 Å². The zero-order chi connectivity index (χ0) is 13.8. The van der Waals surface area contributed by atoms with Crippen molar-refractivity contribution in [2.75, 3.05) is 39.5 Å². The predicted octanol–water partition coefficient (Wildman–Crippen LogP) is 2.18. The van der Waals surface area contributed by atoms with E-state index in [-0.39, 0.29) is 5.82 Å². The summed E-state index contributed by atoms with van der Waals surface area (Å²) in [4.78, 5) is 4.58. The van der Waals surface area contributed by atoms with E-state index in [1.54, 1.807) is 12.1 Å². The lowest BCUT2D eigenvalue weighted by Gasteiger charge is -2.31. The second-order valence-corrected chi connectivity index (χ2v) is 5.79. The molecule has 1 aliphatic heterocycles. The zero-order valence-corrected chi connectivity index (χ0v) is 11.9. The number of nitrogens with zero attached hydrogens (tertiary/aromatic N) is 2. The van der Waals surface area contributed by atoms with Gasteiger partial charge >= 0.3 is 0 Å². The van der Waals surface area contributed by atoms with Gasteiger partial charge in [-0.15, -0.1) is 0 Å². The van der Waals surface area contributed by atoms with Crippen LogP contribution in [0.2, 0.25) is 0 Å². The standard InChI is InChI=1S/C15H24FN3/c1-18-7-5-12(6-8-18)10-19(2)11-13-3-4-14(17)9-15(13)16/h3-4,9,12H,5-8,10-11,17H2,1-2H3. The first-order valence-corrected chi connectivity index (χ1v) is 6.95. The van der Waals surface area contributed by atoms with Gasteiger partial charge in [-0.1, -0.05) is 6.07 Å². The average molecular weight is 265 g/mol. The van der Waals surface area contributed by atoms with Crippen LogP contribution in [0.5, 0.6) is 0 Å². The number of nitrogens with two attached hydrogens (primary N) is 1. The van der Waals surface area contributed by atoms with E-state index in [4.69, 9.17) is 5.73 Å². The number of piperidine rings is 1. The van der Waals surface area contributed by atoms with Crippen LogP contribution in [-0.2, 0) is 6.54 Å². The molecule has 0 radical (unpaired) electrons. The Kier molecular flexibility index (Phi) is 4.77. The molecular formula is C15H24FN3. The van der Waals surface area contributed by atoms with Crippen LogP contribution in [0.1, 0.15) is 18.4 Å². The topological polar surface area (TPSA) is 32.5 Å². The molecule has 0 spiro atoms. The fraction of sp³-hybridized carbons (Fsp3) is 0.600. The minimum absolute atomic E-state index is 0.199. The van der Waals surface area contributed by atoms with Crippen molar-refractivity contribution in [3.8, 4) is 0 Å². The second kappa shape index (κ2) is 6.35. The highest BCUT2D eigenvalue weighted by atomic mass is 19.1. The molecule has 0 aromatic heterocycles. The number of nitrogen functional groups attached to an aromatic ring is 1. The molecule has 1 aromatic rings. The molecular weight excluding hydrogens is 241 g/mol. The minimum Gasteiger partial charge on any atom is -0.399 e. The maximum absolute atomic E-state index is 13.7. The fourth-order valence-corrected chi connectivity index (χ4v) is 2.73. The van der Waals surface area contributed by atoms with Crippen molar-refractivity contribution in [1.82, 2.24) is 9.80 Å². The molecule has 2 N–H and O–H groups in total. The molecule has 1 aliphatic rings. The van der Waals surface area contributed by atoms with Crippen molar-refractivity contribution < 1.29 is 4.39 Å². The maximum atomic E-state index is 13.7. The Hall–Kier alpha value is -1.13. The summed E-state index contributed by atoms with van der Waals surface area (Å²) in [6, 6.07) is 4.95. The van der Waals surface area contributed by atoms with Crippen LogP contribution in [0, 0.1) is 11.7 Å². The molecule has 1 saturated heterocycles. The van der Waals surface area contributed by atoms with Crippen molar-refractivity contribution in [2.45, 2.75) is 19.4 Å². The normalized spacial score (nSPS) is 18.1. The van der Waals surface area contributed by atoms with Crippen LogP contribution in [0.15, 0.2) is 18.2 Å². The fourth-order valence-electron chi connectivity index (χ4n) is 2.73. The molecule has 0 unspecified atom stereocenters. The van der Waals surface area contributed by atoms with Gasteiger partial charge in [0.2, 0.25) is 0 Å². The van der Waals surface area contributed by atoms with Gasteiger partial charge in [-0.05, 0) is 58.1 Å². The molecule has 1 heterocycles. The smallest absolute Gasteiger partial charge is 0.129 e. The van der Waals surface area contributed by atoms with E-state index in [0.717, 1.165) is 18.0 Å². The molecule has 2 rings (SSSR count). The lowest BCUT2D eigenvalue weighted by molar-refractivity contribution is 0.172. The average Bonchev–Trinajstić information content (AvgIpc) is 2.36. The Morgan fingerprint density at radius 3 is 2.68 bits per heavy atom. The van der Waals surface area contributed by atoms with Crippen LogP contribution in [0.4, 0.5) is 10.1 Å². The first-order valence-electron chi connectivity index (χ1n) is 6.95. The number of anilines is 1. The summed E-state index contributed by atoms with van der Waals surface area (Å²) in [5.74, 6) is 0.535. The van der Waals surface area contributed by atoms with Gasteiger partial charge in [-0.25, -0.2) is 4.39 Å². The SMILES string of the molecule is CN1CCC(CN(C)Cc2ccc(N)cc2F)CC1. The second-order valence-electron chi connectivity index (χ2n) is 5.79. The number of hydrogen-bond donors (Lipinski definition) is 1. The predicted molar refractivity (Wildman–Crippen MR) is 77.4 cm³/mol. The monoisotopic (exact) mass is 265 g/mol. The van der Waals surface area contributed by atoms with Crippen molar-refractivity contribution in [3.63, 3.8) is 0 Å². The molecule has 0 atom stereocenters. The van der Waals surface area contributed by atoms with Crippen molar-refractivity contribution in [1.29, 1.82) is 0 Å². The molecule has 3 nitrogen and oxygen atoms in total. The largest absolute Gasteiger partial charge is 0.399 e. The highest BCUT2D eigenvalue weighted by Crippen LogP contribution is 2.19. The lowest BCUT2D eigenvalue weighted by atomic mass is 9.96. The molecule has 1 fully saturated rings. The van der Waals surface area contributed by atoms with E-state index in [1.165, 1.54) is 32.0 Å². The minimum atomic E-state index is -0.199. The zero-order valence-electron chi connectivity index (χ0n) is 11.9. The maximum Gasteiger partial charge on any atom is 0.129 e. The van der Waals surface area contributed by atoms with Crippen molar-refractivity contribution in [3.05, 3.63) is 29.6 Å². The third-order valence-corrected chi connectivity index (χ3v) is 3.93. The number of likely N-dealkylation sites (tertiary alicyclic amines) is 1. The highest BCUT2D eigenvalue weighted by Gasteiger charge is 2.18. The number of hydrogen-bond acceptors (Lipinski definition) is 3. The van der Waals surface area contributed by atoms with Crippen LogP contribution in [0.25, 0.3) is 0 Å². The summed E-state index contributed by atoms with van der Waals surface area (Å²) < 4.78 is 13.7. The summed E-state index contributed by atoms with van der Waals surface area (Å²) in [5, 5.41) is 0. The Balaban J connectivity index is 1.85. The number of halogens is 1. The lowest BCUT2D eigenvalue weighted by Crippen LogP contribution is -2.35. The summed E-state index contributed by atoms with van der Waals surface area (Å²) in [5.41, 5.74) is 6.77. The summed E-state index contributed by atoms with van der Waals surface area (Å²) in [6.07, 6.45) is 2.48. The summed E-state index contributed by atoms with van der Waals surface area (Å²) >= 11 is 0. The van der Waals surface area contributed by atoms with E-state index < -0.39 is 0 Å². The van der Waals surface area contributed by atoms with E-state index in [0.29, 0.717) is 12.2 Å².